The van der Waals surface area contributed by atoms with E-state index in [0.29, 0.717) is 12.6 Å². The molecule has 1 fully saturated rings. The molecule has 1 N–H and O–H groups in total. The molecule has 0 atom stereocenters. The highest BCUT2D eigenvalue weighted by molar-refractivity contribution is 5.95. The summed E-state index contributed by atoms with van der Waals surface area (Å²) in [6, 6.07) is 6.60. The molecule has 0 spiro atoms. The summed E-state index contributed by atoms with van der Waals surface area (Å²) in [6.07, 6.45) is 1.87. The van der Waals surface area contributed by atoms with Crippen molar-refractivity contribution < 1.29 is 9.53 Å². The first kappa shape index (κ1) is 13.2. The maximum absolute atomic E-state index is 12.6. The summed E-state index contributed by atoms with van der Waals surface area (Å²) < 4.78 is 5.39. The highest BCUT2D eigenvalue weighted by Gasteiger charge is 2.33. The number of anilines is 2. The maximum Gasteiger partial charge on any atom is 0.324 e. The van der Waals surface area contributed by atoms with Crippen LogP contribution in [0.4, 0.5) is 16.2 Å². The van der Waals surface area contributed by atoms with Gasteiger partial charge in [-0.15, -0.1) is 0 Å². The van der Waals surface area contributed by atoms with Crippen LogP contribution in [0.15, 0.2) is 18.2 Å². The molecule has 0 radical (unpaired) electrons. The van der Waals surface area contributed by atoms with E-state index in [2.05, 4.69) is 17.4 Å². The predicted octanol–water partition coefficient (Wildman–Crippen LogP) is 2.28. The van der Waals surface area contributed by atoms with E-state index in [0.717, 1.165) is 37.4 Å². The van der Waals surface area contributed by atoms with Gasteiger partial charge in [0.15, 0.2) is 0 Å². The Bertz CT molecular complexity index is 512. The van der Waals surface area contributed by atoms with E-state index in [1.807, 2.05) is 25.1 Å². The number of amides is 2. The number of nitrogens with zero attached hydrogens (tertiary/aromatic N) is 2. The molecule has 108 valence electrons. The van der Waals surface area contributed by atoms with E-state index < -0.39 is 0 Å². The summed E-state index contributed by atoms with van der Waals surface area (Å²) >= 11 is 0. The quantitative estimate of drug-likeness (QED) is 0.900. The van der Waals surface area contributed by atoms with Gasteiger partial charge in [0.1, 0.15) is 0 Å². The minimum atomic E-state index is 0.0950. The van der Waals surface area contributed by atoms with Gasteiger partial charge in [0.2, 0.25) is 0 Å². The molecule has 5 heteroatoms. The van der Waals surface area contributed by atoms with Crippen LogP contribution in [-0.4, -0.2) is 44.3 Å². The number of rotatable bonds is 2. The van der Waals surface area contributed by atoms with Crippen LogP contribution in [0, 0.1) is 0 Å². The lowest BCUT2D eigenvalue weighted by Gasteiger charge is -2.41. The molecule has 5 nitrogen and oxygen atoms in total. The van der Waals surface area contributed by atoms with Crippen molar-refractivity contribution in [3.8, 4) is 0 Å². The van der Waals surface area contributed by atoms with Crippen LogP contribution >= 0.6 is 0 Å². The Labute approximate surface area is 119 Å². The van der Waals surface area contributed by atoms with Crippen molar-refractivity contribution in [2.75, 3.05) is 37.5 Å². The minimum absolute atomic E-state index is 0.0950. The molecule has 2 aliphatic rings. The Morgan fingerprint density at radius 3 is 2.75 bits per heavy atom. The second-order valence-electron chi connectivity index (χ2n) is 5.41. The van der Waals surface area contributed by atoms with Gasteiger partial charge in [0.05, 0.1) is 5.69 Å². The van der Waals surface area contributed by atoms with Gasteiger partial charge < -0.3 is 15.0 Å². The summed E-state index contributed by atoms with van der Waals surface area (Å²) in [7, 11) is 3.74. The highest BCUT2D eigenvalue weighted by Crippen LogP contribution is 2.32. The molecular weight excluding hydrogens is 254 g/mol. The lowest BCUT2D eigenvalue weighted by Crippen LogP contribution is -2.51. The minimum Gasteiger partial charge on any atom is -0.388 e. The third-order valence-corrected chi connectivity index (χ3v) is 4.24. The molecule has 0 unspecified atom stereocenters. The van der Waals surface area contributed by atoms with Crippen LogP contribution in [0.5, 0.6) is 0 Å². The van der Waals surface area contributed by atoms with Crippen molar-refractivity contribution in [2.45, 2.75) is 25.4 Å². The first-order chi connectivity index (χ1) is 9.70. The molecule has 1 aromatic carbocycles. The van der Waals surface area contributed by atoms with E-state index >= 15 is 0 Å². The van der Waals surface area contributed by atoms with Gasteiger partial charge in [-0.25, -0.2) is 4.79 Å². The molecular formula is C15H21N3O2. The first-order valence-electron chi connectivity index (χ1n) is 7.13. The number of ether oxygens (including phenoxy) is 1. The van der Waals surface area contributed by atoms with E-state index in [1.54, 1.807) is 4.90 Å². The molecule has 1 saturated heterocycles. The Balaban J connectivity index is 1.88. The lowest BCUT2D eigenvalue weighted by atomic mass is 10.0. The SMILES string of the molecule is CNc1ccc2c(c1)N(C)C(=O)N(C1CCOCC1)C2. The zero-order chi connectivity index (χ0) is 14.1. The standard InChI is InChI=1S/C15H21N3O2/c1-16-12-4-3-11-10-18(13-5-7-20-8-6-13)15(19)17(2)14(11)9-12/h3-4,9,13,16H,5-8,10H2,1-2H3. The average molecular weight is 275 g/mol. The first-order valence-corrected chi connectivity index (χ1v) is 7.13. The lowest BCUT2D eigenvalue weighted by molar-refractivity contribution is 0.0441. The van der Waals surface area contributed by atoms with Crippen LogP contribution < -0.4 is 10.2 Å². The van der Waals surface area contributed by atoms with Crippen molar-refractivity contribution in [3.05, 3.63) is 23.8 Å². The summed E-state index contributed by atoms with van der Waals surface area (Å²) in [6.45, 7) is 2.21. The predicted molar refractivity (Wildman–Crippen MR) is 79.2 cm³/mol. The summed E-state index contributed by atoms with van der Waals surface area (Å²) in [5, 5.41) is 3.12. The van der Waals surface area contributed by atoms with Crippen LogP contribution in [0.3, 0.4) is 0 Å². The number of fused-ring (bicyclic) bond motifs is 1. The number of hydrogen-bond acceptors (Lipinski definition) is 3. The molecule has 2 aliphatic heterocycles. The van der Waals surface area contributed by atoms with Crippen molar-refractivity contribution >= 4 is 17.4 Å². The number of carbonyl (C=O) groups excluding carboxylic acids is 1. The van der Waals surface area contributed by atoms with Gasteiger partial charge in [-0.3, -0.25) is 4.90 Å². The molecule has 0 saturated carbocycles. The third kappa shape index (κ3) is 2.22. The van der Waals surface area contributed by atoms with E-state index in [1.165, 1.54) is 5.56 Å². The van der Waals surface area contributed by atoms with Crippen molar-refractivity contribution in [1.82, 2.24) is 4.90 Å². The Hall–Kier alpha value is -1.75. The van der Waals surface area contributed by atoms with Gasteiger partial charge in [-0.05, 0) is 30.5 Å². The molecule has 0 aliphatic carbocycles. The molecule has 2 heterocycles. The number of nitrogens with one attached hydrogen (secondary N) is 1. The average Bonchev–Trinajstić information content (AvgIpc) is 2.51. The maximum atomic E-state index is 12.6. The summed E-state index contributed by atoms with van der Waals surface area (Å²) in [5.41, 5.74) is 3.24. The van der Waals surface area contributed by atoms with Crippen molar-refractivity contribution in [1.29, 1.82) is 0 Å². The van der Waals surface area contributed by atoms with Gasteiger partial charge in [-0.2, -0.15) is 0 Å². The molecule has 20 heavy (non-hydrogen) atoms. The second kappa shape index (κ2) is 5.32. The third-order valence-electron chi connectivity index (χ3n) is 4.24. The van der Waals surface area contributed by atoms with E-state index in [-0.39, 0.29) is 6.03 Å². The van der Waals surface area contributed by atoms with E-state index in [4.69, 9.17) is 4.74 Å². The molecule has 0 bridgehead atoms. The number of benzene rings is 1. The van der Waals surface area contributed by atoms with Crippen LogP contribution in [0.2, 0.25) is 0 Å². The van der Waals surface area contributed by atoms with Gasteiger partial charge in [0, 0.05) is 45.6 Å². The van der Waals surface area contributed by atoms with Crippen molar-refractivity contribution in [3.63, 3.8) is 0 Å². The van der Waals surface area contributed by atoms with Gasteiger partial charge >= 0.3 is 6.03 Å². The fourth-order valence-corrected chi connectivity index (χ4v) is 2.99. The summed E-state index contributed by atoms with van der Waals surface area (Å²) in [5.74, 6) is 0. The van der Waals surface area contributed by atoms with Crippen LogP contribution in [-0.2, 0) is 11.3 Å². The largest absolute Gasteiger partial charge is 0.388 e. The Kier molecular flexibility index (Phi) is 3.53. The fraction of sp³-hybridized carbons (Fsp3) is 0.533. The second-order valence-corrected chi connectivity index (χ2v) is 5.41. The number of carbonyl (C=O) groups is 1. The van der Waals surface area contributed by atoms with E-state index in [9.17, 15) is 4.79 Å². The van der Waals surface area contributed by atoms with Crippen molar-refractivity contribution in [2.24, 2.45) is 0 Å². The fourth-order valence-electron chi connectivity index (χ4n) is 2.99. The summed E-state index contributed by atoms with van der Waals surface area (Å²) in [4.78, 5) is 16.3. The highest BCUT2D eigenvalue weighted by atomic mass is 16.5. The number of urea groups is 1. The Morgan fingerprint density at radius 2 is 2.05 bits per heavy atom. The van der Waals surface area contributed by atoms with Crippen LogP contribution in [0.1, 0.15) is 18.4 Å². The van der Waals surface area contributed by atoms with Gasteiger partial charge in [0.25, 0.3) is 0 Å². The zero-order valence-corrected chi connectivity index (χ0v) is 12.1. The molecule has 2 amide bonds. The van der Waals surface area contributed by atoms with Gasteiger partial charge in [-0.1, -0.05) is 6.07 Å². The molecule has 1 aromatic rings. The van der Waals surface area contributed by atoms with Crippen LogP contribution in [0.25, 0.3) is 0 Å². The topological polar surface area (TPSA) is 44.8 Å². The monoisotopic (exact) mass is 275 g/mol. The number of hydrogen-bond donors (Lipinski definition) is 1. The zero-order valence-electron chi connectivity index (χ0n) is 12.1. The Morgan fingerprint density at radius 1 is 1.30 bits per heavy atom. The smallest absolute Gasteiger partial charge is 0.324 e. The normalized spacial score (nSPS) is 20.0. The molecule has 3 rings (SSSR count). The molecule has 0 aromatic heterocycles.